The highest BCUT2D eigenvalue weighted by molar-refractivity contribution is 5.87. The first-order chi connectivity index (χ1) is 13.6. The van der Waals surface area contributed by atoms with Gasteiger partial charge in [0.05, 0.1) is 23.1 Å². The number of hydrogen-bond donors (Lipinski definition) is 3. The Hall–Kier alpha value is -3.66. The summed E-state index contributed by atoms with van der Waals surface area (Å²) in [6.07, 6.45) is 11.1. The van der Waals surface area contributed by atoms with Crippen molar-refractivity contribution in [1.82, 2.24) is 14.8 Å². The number of fused-ring (bicyclic) bond motifs is 1. The van der Waals surface area contributed by atoms with Gasteiger partial charge in [-0.2, -0.15) is 10.4 Å². The summed E-state index contributed by atoms with van der Waals surface area (Å²) in [6, 6.07) is 8.90. The third kappa shape index (κ3) is 4.74. The number of nitrogens with zero attached hydrogens (tertiary/aromatic N) is 4. The van der Waals surface area contributed by atoms with Crippen molar-refractivity contribution in [3.8, 4) is 11.8 Å². The van der Waals surface area contributed by atoms with Crippen LogP contribution in [0, 0.1) is 16.7 Å². The first-order valence-electron chi connectivity index (χ1n) is 9.06. The van der Waals surface area contributed by atoms with Crippen LogP contribution in [-0.2, 0) is 19.9 Å². The lowest BCUT2D eigenvalue weighted by Gasteiger charge is -2.13. The predicted octanol–water partition coefficient (Wildman–Crippen LogP) is 3.70. The van der Waals surface area contributed by atoms with Crippen LogP contribution in [0.2, 0.25) is 0 Å². The molecule has 142 valence electrons. The predicted molar refractivity (Wildman–Crippen MR) is 108 cm³/mol. The molecule has 0 atom stereocenters. The molecule has 0 amide bonds. The molecule has 2 heterocycles. The highest BCUT2D eigenvalue weighted by Gasteiger charge is 2.10. The van der Waals surface area contributed by atoms with Crippen molar-refractivity contribution in [3.05, 3.63) is 65.2 Å². The molecule has 3 aromatic rings. The Labute approximate surface area is 163 Å². The molecule has 0 unspecified atom stereocenters. The number of aromatic hydroxyl groups is 1. The highest BCUT2D eigenvalue weighted by Crippen LogP contribution is 2.24. The molecule has 1 aliphatic carbocycles. The first-order valence-corrected chi connectivity index (χ1v) is 9.06. The minimum absolute atomic E-state index is 0.164. The first kappa shape index (κ1) is 19.1. The van der Waals surface area contributed by atoms with Crippen LogP contribution in [0.3, 0.4) is 0 Å². The molecule has 28 heavy (non-hydrogen) atoms. The maximum absolute atomic E-state index is 9.38. The van der Waals surface area contributed by atoms with E-state index in [0.29, 0.717) is 16.8 Å². The lowest BCUT2D eigenvalue weighted by atomic mass is 9.95. The third-order valence-electron chi connectivity index (χ3n) is 4.47. The van der Waals surface area contributed by atoms with E-state index < -0.39 is 0 Å². The molecule has 0 radical (unpaired) electrons. The summed E-state index contributed by atoms with van der Waals surface area (Å²) in [5.74, 6) is 0.164. The SMILES string of the molecule is Cn1cc(Nc2cc(O)ccc2C=N)cn1.N#Cc1cnc2c(c1)CCCC2. The number of phenolic OH excluding ortho intramolecular Hbond substituents is 1. The zero-order valence-corrected chi connectivity index (χ0v) is 15.7. The summed E-state index contributed by atoms with van der Waals surface area (Å²) in [6.45, 7) is 0. The number of hydrogen-bond acceptors (Lipinski definition) is 6. The summed E-state index contributed by atoms with van der Waals surface area (Å²) < 4.78 is 1.68. The Bertz CT molecular complexity index is 1020. The second-order valence-corrected chi connectivity index (χ2v) is 6.59. The molecule has 4 rings (SSSR count). The lowest BCUT2D eigenvalue weighted by molar-refractivity contribution is 0.475. The van der Waals surface area contributed by atoms with Crippen molar-refractivity contribution in [1.29, 1.82) is 10.7 Å². The Morgan fingerprint density at radius 1 is 1.25 bits per heavy atom. The van der Waals surface area contributed by atoms with Crippen LogP contribution < -0.4 is 5.32 Å². The number of pyridine rings is 1. The molecule has 0 saturated carbocycles. The highest BCUT2D eigenvalue weighted by atomic mass is 16.3. The van der Waals surface area contributed by atoms with Crippen molar-refractivity contribution in [2.75, 3.05) is 5.32 Å². The topological polar surface area (TPSA) is 111 Å². The van der Waals surface area contributed by atoms with Gasteiger partial charge >= 0.3 is 0 Å². The van der Waals surface area contributed by atoms with Gasteiger partial charge in [0.25, 0.3) is 0 Å². The number of anilines is 2. The van der Waals surface area contributed by atoms with Gasteiger partial charge < -0.3 is 15.8 Å². The molecule has 0 bridgehead atoms. The van der Waals surface area contributed by atoms with E-state index >= 15 is 0 Å². The average molecular weight is 374 g/mol. The molecule has 2 aromatic heterocycles. The molecule has 0 spiro atoms. The Morgan fingerprint density at radius 3 is 2.79 bits per heavy atom. The molecule has 1 aliphatic rings. The summed E-state index contributed by atoms with van der Waals surface area (Å²) >= 11 is 0. The number of aromatic nitrogens is 3. The number of aryl methyl sites for hydroxylation is 3. The Balaban J connectivity index is 0.000000167. The van der Waals surface area contributed by atoms with Crippen molar-refractivity contribution in [2.45, 2.75) is 25.7 Å². The maximum atomic E-state index is 9.38. The fourth-order valence-corrected chi connectivity index (χ4v) is 3.07. The molecule has 1 aromatic carbocycles. The zero-order chi connectivity index (χ0) is 19.9. The number of benzene rings is 1. The van der Waals surface area contributed by atoms with Gasteiger partial charge in [-0.25, -0.2) is 0 Å². The van der Waals surface area contributed by atoms with Gasteiger partial charge in [0, 0.05) is 43.0 Å². The summed E-state index contributed by atoms with van der Waals surface area (Å²) in [5.41, 5.74) is 5.37. The van der Waals surface area contributed by atoms with Crippen molar-refractivity contribution >= 4 is 17.6 Å². The van der Waals surface area contributed by atoms with E-state index in [1.807, 2.05) is 19.3 Å². The van der Waals surface area contributed by atoms with E-state index in [2.05, 4.69) is 21.5 Å². The van der Waals surface area contributed by atoms with Crippen molar-refractivity contribution in [2.24, 2.45) is 7.05 Å². The van der Waals surface area contributed by atoms with E-state index in [4.69, 9.17) is 10.7 Å². The van der Waals surface area contributed by atoms with Crippen LogP contribution in [0.15, 0.2) is 42.9 Å². The second kappa shape index (κ2) is 8.82. The fourth-order valence-electron chi connectivity index (χ4n) is 3.07. The smallest absolute Gasteiger partial charge is 0.117 e. The van der Waals surface area contributed by atoms with Gasteiger partial charge in [-0.3, -0.25) is 9.67 Å². The van der Waals surface area contributed by atoms with Crippen LogP contribution in [0.4, 0.5) is 11.4 Å². The van der Waals surface area contributed by atoms with Gasteiger partial charge in [0.15, 0.2) is 0 Å². The number of rotatable bonds is 3. The Morgan fingerprint density at radius 2 is 2.07 bits per heavy atom. The normalized spacial score (nSPS) is 12.1. The van der Waals surface area contributed by atoms with Crippen LogP contribution in [-0.4, -0.2) is 26.1 Å². The summed E-state index contributed by atoms with van der Waals surface area (Å²) in [5, 5.41) is 32.4. The third-order valence-corrected chi connectivity index (χ3v) is 4.47. The monoisotopic (exact) mass is 374 g/mol. The van der Waals surface area contributed by atoms with Crippen LogP contribution >= 0.6 is 0 Å². The Kier molecular flexibility index (Phi) is 6.02. The van der Waals surface area contributed by atoms with E-state index in [0.717, 1.165) is 18.5 Å². The minimum atomic E-state index is 0.164. The maximum Gasteiger partial charge on any atom is 0.117 e. The van der Waals surface area contributed by atoms with Crippen LogP contribution in [0.5, 0.6) is 5.75 Å². The molecule has 7 nitrogen and oxygen atoms in total. The van der Waals surface area contributed by atoms with Crippen molar-refractivity contribution < 1.29 is 5.11 Å². The van der Waals surface area contributed by atoms with Crippen LogP contribution in [0.1, 0.15) is 35.2 Å². The molecule has 0 saturated heterocycles. The number of nitrogens with one attached hydrogen (secondary N) is 2. The van der Waals surface area contributed by atoms with Gasteiger partial charge in [0.2, 0.25) is 0 Å². The van der Waals surface area contributed by atoms with E-state index in [1.165, 1.54) is 30.3 Å². The fraction of sp³-hybridized carbons (Fsp3) is 0.238. The average Bonchev–Trinajstić information content (AvgIpc) is 3.13. The minimum Gasteiger partial charge on any atom is -0.508 e. The molecule has 7 heteroatoms. The number of nitriles is 1. The second-order valence-electron chi connectivity index (χ2n) is 6.59. The van der Waals surface area contributed by atoms with E-state index in [1.54, 1.807) is 35.3 Å². The largest absolute Gasteiger partial charge is 0.508 e. The van der Waals surface area contributed by atoms with E-state index in [-0.39, 0.29) is 5.75 Å². The van der Waals surface area contributed by atoms with Gasteiger partial charge in [-0.05, 0) is 49.4 Å². The van der Waals surface area contributed by atoms with Crippen molar-refractivity contribution in [3.63, 3.8) is 0 Å². The quantitative estimate of drug-likeness (QED) is 0.605. The summed E-state index contributed by atoms with van der Waals surface area (Å²) in [4.78, 5) is 4.27. The van der Waals surface area contributed by atoms with Crippen LogP contribution in [0.25, 0.3) is 0 Å². The number of phenols is 1. The molecule has 3 N–H and O–H groups in total. The lowest BCUT2D eigenvalue weighted by Crippen LogP contribution is -2.05. The molecular weight excluding hydrogens is 352 g/mol. The van der Waals surface area contributed by atoms with Gasteiger partial charge in [-0.1, -0.05) is 0 Å². The standard InChI is InChI=1S/C11H12N4O.C10H10N2/c1-15-7-9(6-13-15)14-11-4-10(16)3-2-8(11)5-12;11-6-8-5-9-3-1-2-4-10(9)12-7-8/h2-7,12,14,16H,1H3;5,7H,1-4H2. The van der Waals surface area contributed by atoms with Gasteiger partial charge in [0.1, 0.15) is 11.8 Å². The summed E-state index contributed by atoms with van der Waals surface area (Å²) in [7, 11) is 1.82. The molecular formula is C21H22N6O. The molecule has 0 fully saturated rings. The zero-order valence-electron chi connectivity index (χ0n) is 15.7. The van der Waals surface area contributed by atoms with E-state index in [9.17, 15) is 5.11 Å². The van der Waals surface area contributed by atoms with Gasteiger partial charge in [-0.15, -0.1) is 0 Å². The molecule has 0 aliphatic heterocycles.